The first-order valence-corrected chi connectivity index (χ1v) is 6.47. The highest BCUT2D eigenvalue weighted by atomic mass is 35.5. The zero-order valence-electron chi connectivity index (χ0n) is 11.2. The van der Waals surface area contributed by atoms with Gasteiger partial charge < -0.3 is 11.1 Å². The molecule has 1 aromatic carbocycles. The Morgan fingerprint density at radius 2 is 2.00 bits per heavy atom. The topological polar surface area (TPSA) is 55.1 Å². The van der Waals surface area contributed by atoms with E-state index in [9.17, 15) is 4.79 Å². The highest BCUT2D eigenvalue weighted by molar-refractivity contribution is 6.33. The second-order valence-corrected chi connectivity index (χ2v) is 6.07. The first kappa shape index (κ1) is 15.0. The Labute approximate surface area is 114 Å². The van der Waals surface area contributed by atoms with Crippen molar-refractivity contribution in [3.8, 4) is 0 Å². The Morgan fingerprint density at radius 1 is 1.39 bits per heavy atom. The minimum atomic E-state index is -0.193. The van der Waals surface area contributed by atoms with Gasteiger partial charge in [-0.1, -0.05) is 44.5 Å². The van der Waals surface area contributed by atoms with Crippen LogP contribution in [0.4, 0.5) is 5.69 Å². The minimum Gasteiger partial charge on any atom is -0.330 e. The highest BCUT2D eigenvalue weighted by Gasteiger charge is 2.24. The molecule has 0 saturated carbocycles. The maximum atomic E-state index is 12.1. The largest absolute Gasteiger partial charge is 0.330 e. The molecule has 3 nitrogen and oxygen atoms in total. The van der Waals surface area contributed by atoms with Gasteiger partial charge in [0.25, 0.3) is 0 Å². The van der Waals surface area contributed by atoms with Crippen LogP contribution < -0.4 is 11.1 Å². The molecule has 1 unspecified atom stereocenters. The van der Waals surface area contributed by atoms with E-state index in [1.165, 1.54) is 0 Å². The lowest BCUT2D eigenvalue weighted by molar-refractivity contribution is -0.120. The van der Waals surface area contributed by atoms with Gasteiger partial charge in [-0.25, -0.2) is 0 Å². The molecule has 0 fully saturated rings. The molecule has 0 bridgehead atoms. The first-order chi connectivity index (χ1) is 8.33. The number of hydrogen-bond acceptors (Lipinski definition) is 2. The van der Waals surface area contributed by atoms with Gasteiger partial charge in [-0.3, -0.25) is 4.79 Å². The molecule has 0 heterocycles. The fourth-order valence-corrected chi connectivity index (χ4v) is 2.00. The minimum absolute atomic E-state index is 0.0690. The van der Waals surface area contributed by atoms with Gasteiger partial charge >= 0.3 is 0 Å². The number of para-hydroxylation sites is 1. The molecule has 1 atom stereocenters. The van der Waals surface area contributed by atoms with Crippen LogP contribution in [0, 0.1) is 11.3 Å². The number of amides is 1. The lowest BCUT2D eigenvalue weighted by Gasteiger charge is -2.24. The van der Waals surface area contributed by atoms with Crippen molar-refractivity contribution in [2.24, 2.45) is 17.1 Å². The number of nitrogens with one attached hydrogen (secondary N) is 1. The summed E-state index contributed by atoms with van der Waals surface area (Å²) in [6.45, 7) is 6.63. The van der Waals surface area contributed by atoms with Crippen LogP contribution in [0.25, 0.3) is 0 Å². The molecule has 1 aromatic rings. The predicted octanol–water partition coefficient (Wildman–Crippen LogP) is 3.29. The van der Waals surface area contributed by atoms with Crippen LogP contribution in [0.15, 0.2) is 24.3 Å². The maximum absolute atomic E-state index is 12.1. The summed E-state index contributed by atoms with van der Waals surface area (Å²) < 4.78 is 0. The molecule has 1 rings (SSSR count). The van der Waals surface area contributed by atoms with Gasteiger partial charge in [-0.15, -0.1) is 0 Å². The number of carbonyl (C=O) groups excluding carboxylic acids is 1. The molecular formula is C14H21ClN2O. The van der Waals surface area contributed by atoms with Gasteiger partial charge in [0, 0.05) is 6.54 Å². The molecule has 0 spiro atoms. The number of carbonyl (C=O) groups is 1. The summed E-state index contributed by atoms with van der Waals surface area (Å²) >= 11 is 6.00. The summed E-state index contributed by atoms with van der Waals surface area (Å²) in [6.07, 6.45) is 0.750. The summed E-state index contributed by atoms with van der Waals surface area (Å²) in [5.41, 5.74) is 6.39. The van der Waals surface area contributed by atoms with E-state index in [-0.39, 0.29) is 17.2 Å². The lowest BCUT2D eigenvalue weighted by atomic mass is 9.84. The van der Waals surface area contributed by atoms with Gasteiger partial charge in [0.2, 0.25) is 5.91 Å². The van der Waals surface area contributed by atoms with Gasteiger partial charge in [-0.05, 0) is 24.0 Å². The van der Waals surface area contributed by atoms with Crippen LogP contribution in [0.1, 0.15) is 27.2 Å². The lowest BCUT2D eigenvalue weighted by Crippen LogP contribution is -2.32. The van der Waals surface area contributed by atoms with Gasteiger partial charge in [0.05, 0.1) is 16.6 Å². The number of benzene rings is 1. The zero-order valence-corrected chi connectivity index (χ0v) is 11.9. The van der Waals surface area contributed by atoms with Crippen LogP contribution in [0.5, 0.6) is 0 Å². The van der Waals surface area contributed by atoms with Gasteiger partial charge in [-0.2, -0.15) is 0 Å². The van der Waals surface area contributed by atoms with E-state index in [0.29, 0.717) is 17.3 Å². The fraction of sp³-hybridized carbons (Fsp3) is 0.500. The summed E-state index contributed by atoms with van der Waals surface area (Å²) in [7, 11) is 0. The van der Waals surface area contributed by atoms with E-state index < -0.39 is 0 Å². The van der Waals surface area contributed by atoms with Crippen molar-refractivity contribution in [2.75, 3.05) is 11.9 Å². The Kier molecular flexibility index (Phi) is 5.17. The molecule has 3 N–H and O–H groups in total. The molecule has 0 aliphatic rings. The molecule has 0 aliphatic heterocycles. The Hall–Kier alpha value is -1.06. The summed E-state index contributed by atoms with van der Waals surface area (Å²) in [5, 5.41) is 3.37. The average Bonchev–Trinajstić information content (AvgIpc) is 2.27. The number of rotatable bonds is 4. The molecule has 18 heavy (non-hydrogen) atoms. The highest BCUT2D eigenvalue weighted by Crippen LogP contribution is 2.26. The molecular weight excluding hydrogens is 248 g/mol. The van der Waals surface area contributed by atoms with Crippen molar-refractivity contribution in [2.45, 2.75) is 27.2 Å². The Morgan fingerprint density at radius 3 is 2.50 bits per heavy atom. The molecule has 0 aliphatic carbocycles. The third-order valence-corrected chi connectivity index (χ3v) is 2.98. The van der Waals surface area contributed by atoms with Crippen molar-refractivity contribution in [1.29, 1.82) is 0 Å². The Balaban J connectivity index is 2.72. The van der Waals surface area contributed by atoms with Gasteiger partial charge in [0.15, 0.2) is 0 Å². The monoisotopic (exact) mass is 268 g/mol. The Bertz CT molecular complexity index is 413. The second-order valence-electron chi connectivity index (χ2n) is 5.67. The predicted molar refractivity (Wildman–Crippen MR) is 76.7 cm³/mol. The van der Waals surface area contributed by atoms with Crippen LogP contribution in [-0.2, 0) is 4.79 Å². The molecule has 100 valence electrons. The number of halogens is 1. The van der Waals surface area contributed by atoms with Crippen molar-refractivity contribution in [3.63, 3.8) is 0 Å². The number of anilines is 1. The standard InChI is InChI=1S/C14H21ClN2O/c1-14(2,3)8-10(9-16)13(18)17-12-7-5-4-6-11(12)15/h4-7,10H,8-9,16H2,1-3H3,(H,17,18). The summed E-state index contributed by atoms with van der Waals surface area (Å²) in [4.78, 5) is 12.1. The molecule has 4 heteroatoms. The maximum Gasteiger partial charge on any atom is 0.228 e. The third-order valence-electron chi connectivity index (χ3n) is 2.65. The fourth-order valence-electron chi connectivity index (χ4n) is 1.82. The number of hydrogen-bond donors (Lipinski definition) is 2. The molecule has 0 saturated heterocycles. The van der Waals surface area contributed by atoms with E-state index >= 15 is 0 Å². The van der Waals surface area contributed by atoms with Crippen molar-refractivity contribution in [1.82, 2.24) is 0 Å². The van der Waals surface area contributed by atoms with Crippen LogP contribution in [0.2, 0.25) is 5.02 Å². The summed E-state index contributed by atoms with van der Waals surface area (Å²) in [5.74, 6) is -0.262. The zero-order chi connectivity index (χ0) is 13.8. The molecule has 0 aromatic heterocycles. The smallest absolute Gasteiger partial charge is 0.228 e. The average molecular weight is 269 g/mol. The van der Waals surface area contributed by atoms with Crippen molar-refractivity contribution < 1.29 is 4.79 Å². The quantitative estimate of drug-likeness (QED) is 0.880. The van der Waals surface area contributed by atoms with Crippen molar-refractivity contribution in [3.05, 3.63) is 29.3 Å². The van der Waals surface area contributed by atoms with E-state index in [1.807, 2.05) is 12.1 Å². The van der Waals surface area contributed by atoms with Crippen LogP contribution >= 0.6 is 11.6 Å². The normalized spacial score (nSPS) is 13.2. The number of nitrogens with two attached hydrogens (primary N) is 1. The first-order valence-electron chi connectivity index (χ1n) is 6.09. The molecule has 0 radical (unpaired) electrons. The SMILES string of the molecule is CC(C)(C)CC(CN)C(=O)Nc1ccccc1Cl. The summed E-state index contributed by atoms with van der Waals surface area (Å²) in [6, 6.07) is 7.19. The van der Waals surface area contributed by atoms with Crippen molar-refractivity contribution >= 4 is 23.2 Å². The van der Waals surface area contributed by atoms with Gasteiger partial charge in [0.1, 0.15) is 0 Å². The third kappa shape index (κ3) is 4.67. The molecule has 1 amide bonds. The van der Waals surface area contributed by atoms with E-state index in [4.69, 9.17) is 17.3 Å². The second kappa shape index (κ2) is 6.21. The van der Waals surface area contributed by atoms with E-state index in [0.717, 1.165) is 6.42 Å². The van der Waals surface area contributed by atoms with Crippen LogP contribution in [0.3, 0.4) is 0 Å². The van der Waals surface area contributed by atoms with E-state index in [1.54, 1.807) is 12.1 Å². The van der Waals surface area contributed by atoms with Crippen LogP contribution in [-0.4, -0.2) is 12.5 Å². The van der Waals surface area contributed by atoms with E-state index in [2.05, 4.69) is 26.1 Å².